The highest BCUT2D eigenvalue weighted by atomic mass is 16.3. The number of nitrogens with zero attached hydrogens (tertiary/aromatic N) is 1. The van der Waals surface area contributed by atoms with Crippen LogP contribution in [0.25, 0.3) is 0 Å². The Morgan fingerprint density at radius 3 is 3.18 bits per heavy atom. The lowest BCUT2D eigenvalue weighted by Crippen LogP contribution is -2.46. The summed E-state index contributed by atoms with van der Waals surface area (Å²) in [6.45, 7) is 4.79. The highest BCUT2D eigenvalue weighted by Crippen LogP contribution is 2.28. The highest BCUT2D eigenvalue weighted by molar-refractivity contribution is 5.04. The van der Waals surface area contributed by atoms with E-state index >= 15 is 0 Å². The molecule has 2 aliphatic rings. The van der Waals surface area contributed by atoms with Crippen molar-refractivity contribution in [3.05, 3.63) is 24.2 Å². The van der Waals surface area contributed by atoms with E-state index in [1.54, 1.807) is 6.26 Å². The van der Waals surface area contributed by atoms with E-state index in [-0.39, 0.29) is 0 Å². The topological polar surface area (TPSA) is 28.4 Å². The number of piperidine rings is 1. The molecule has 2 aliphatic heterocycles. The van der Waals surface area contributed by atoms with Gasteiger partial charge in [0.15, 0.2) is 0 Å². The van der Waals surface area contributed by atoms with Gasteiger partial charge in [0.25, 0.3) is 0 Å². The quantitative estimate of drug-likeness (QED) is 0.871. The van der Waals surface area contributed by atoms with Crippen LogP contribution < -0.4 is 5.32 Å². The summed E-state index contributed by atoms with van der Waals surface area (Å²) in [5, 5.41) is 3.71. The SMILES string of the molecule is C[C@H](NC1CCN2CCCC2C1)c1ccco1. The molecule has 3 nitrogen and oxygen atoms in total. The minimum atomic E-state index is 0.336. The summed E-state index contributed by atoms with van der Waals surface area (Å²) in [5.41, 5.74) is 0. The maximum Gasteiger partial charge on any atom is 0.120 e. The molecule has 1 N–H and O–H groups in total. The summed E-state index contributed by atoms with van der Waals surface area (Å²) in [6, 6.07) is 5.86. The molecule has 2 fully saturated rings. The van der Waals surface area contributed by atoms with Gasteiger partial charge < -0.3 is 14.6 Å². The van der Waals surface area contributed by atoms with Crippen molar-refractivity contribution in [1.82, 2.24) is 10.2 Å². The smallest absolute Gasteiger partial charge is 0.120 e. The van der Waals surface area contributed by atoms with Gasteiger partial charge in [-0.1, -0.05) is 0 Å². The van der Waals surface area contributed by atoms with E-state index in [1.165, 1.54) is 38.8 Å². The van der Waals surface area contributed by atoms with Crippen molar-refractivity contribution < 1.29 is 4.42 Å². The van der Waals surface area contributed by atoms with E-state index in [9.17, 15) is 0 Å². The molecule has 3 rings (SSSR count). The molecule has 3 heteroatoms. The zero-order valence-electron chi connectivity index (χ0n) is 10.6. The summed E-state index contributed by atoms with van der Waals surface area (Å²) in [4.78, 5) is 2.66. The molecular formula is C14H22N2O. The van der Waals surface area contributed by atoms with Gasteiger partial charge in [0.1, 0.15) is 5.76 Å². The maximum atomic E-state index is 5.45. The van der Waals surface area contributed by atoms with Gasteiger partial charge in [-0.05, 0) is 57.8 Å². The summed E-state index contributed by atoms with van der Waals surface area (Å²) in [5.74, 6) is 1.05. The molecule has 0 aromatic carbocycles. The summed E-state index contributed by atoms with van der Waals surface area (Å²) in [7, 11) is 0. The number of hydrogen-bond donors (Lipinski definition) is 1. The molecule has 0 bridgehead atoms. The van der Waals surface area contributed by atoms with Crippen LogP contribution in [0.2, 0.25) is 0 Å². The van der Waals surface area contributed by atoms with Gasteiger partial charge in [0.2, 0.25) is 0 Å². The Hall–Kier alpha value is -0.800. The largest absolute Gasteiger partial charge is 0.468 e. The van der Waals surface area contributed by atoms with Crippen LogP contribution in [0.5, 0.6) is 0 Å². The Morgan fingerprint density at radius 2 is 2.35 bits per heavy atom. The van der Waals surface area contributed by atoms with E-state index < -0.39 is 0 Å². The fourth-order valence-corrected chi connectivity index (χ4v) is 3.35. The van der Waals surface area contributed by atoms with Crippen molar-refractivity contribution in [1.29, 1.82) is 0 Å². The van der Waals surface area contributed by atoms with Crippen molar-refractivity contribution in [2.45, 2.75) is 50.7 Å². The Bertz CT molecular complexity index is 349. The van der Waals surface area contributed by atoms with E-state index in [0.717, 1.165) is 11.8 Å². The normalized spacial score (nSPS) is 31.4. The lowest BCUT2D eigenvalue weighted by molar-refractivity contribution is 0.160. The maximum absolute atomic E-state index is 5.45. The zero-order chi connectivity index (χ0) is 11.7. The van der Waals surface area contributed by atoms with Crippen LogP contribution in [-0.2, 0) is 0 Å². The fraction of sp³-hybridized carbons (Fsp3) is 0.714. The van der Waals surface area contributed by atoms with Gasteiger partial charge in [0.05, 0.1) is 12.3 Å². The molecule has 3 heterocycles. The summed E-state index contributed by atoms with van der Waals surface area (Å²) in [6.07, 6.45) is 7.14. The van der Waals surface area contributed by atoms with Crippen LogP contribution in [0.15, 0.2) is 22.8 Å². The van der Waals surface area contributed by atoms with Crippen LogP contribution >= 0.6 is 0 Å². The van der Waals surface area contributed by atoms with Crippen molar-refractivity contribution >= 4 is 0 Å². The third kappa shape index (κ3) is 2.40. The highest BCUT2D eigenvalue weighted by Gasteiger charge is 2.32. The molecule has 0 aliphatic carbocycles. The number of furan rings is 1. The Balaban J connectivity index is 1.55. The predicted molar refractivity (Wildman–Crippen MR) is 67.9 cm³/mol. The van der Waals surface area contributed by atoms with E-state index in [2.05, 4.69) is 23.2 Å². The molecule has 94 valence electrons. The first-order valence-electron chi connectivity index (χ1n) is 6.86. The molecule has 0 saturated carbocycles. The standard InChI is InChI=1S/C14H22N2O/c1-11(14-5-3-9-17-14)15-12-6-8-16-7-2-4-13(16)10-12/h3,5,9,11-13,15H,2,4,6-8,10H2,1H3/t11-,12?,13?/m0/s1. The van der Waals surface area contributed by atoms with Crippen LogP contribution in [0, 0.1) is 0 Å². The Kier molecular flexibility index (Phi) is 3.21. The molecule has 2 unspecified atom stereocenters. The van der Waals surface area contributed by atoms with E-state index in [0.29, 0.717) is 12.1 Å². The second-order valence-electron chi connectivity index (χ2n) is 5.46. The molecule has 1 aromatic heterocycles. The molecule has 3 atom stereocenters. The zero-order valence-corrected chi connectivity index (χ0v) is 10.6. The molecule has 2 saturated heterocycles. The van der Waals surface area contributed by atoms with E-state index in [1.807, 2.05) is 6.07 Å². The van der Waals surface area contributed by atoms with Crippen molar-refractivity contribution in [3.8, 4) is 0 Å². The van der Waals surface area contributed by atoms with Crippen LogP contribution in [0.4, 0.5) is 0 Å². The second-order valence-corrected chi connectivity index (χ2v) is 5.46. The Morgan fingerprint density at radius 1 is 1.41 bits per heavy atom. The average molecular weight is 234 g/mol. The molecule has 0 amide bonds. The van der Waals surface area contributed by atoms with Crippen LogP contribution in [-0.4, -0.2) is 30.1 Å². The summed E-state index contributed by atoms with van der Waals surface area (Å²) >= 11 is 0. The van der Waals surface area contributed by atoms with Gasteiger partial charge in [-0.25, -0.2) is 0 Å². The molecular weight excluding hydrogens is 212 g/mol. The van der Waals surface area contributed by atoms with Crippen LogP contribution in [0.1, 0.15) is 44.4 Å². The number of nitrogens with one attached hydrogen (secondary N) is 1. The van der Waals surface area contributed by atoms with Gasteiger partial charge in [-0.3, -0.25) is 0 Å². The number of rotatable bonds is 3. The van der Waals surface area contributed by atoms with Crippen molar-refractivity contribution in [3.63, 3.8) is 0 Å². The average Bonchev–Trinajstić information content (AvgIpc) is 2.99. The van der Waals surface area contributed by atoms with Gasteiger partial charge in [-0.15, -0.1) is 0 Å². The second kappa shape index (κ2) is 4.83. The first-order chi connectivity index (χ1) is 8.33. The molecule has 17 heavy (non-hydrogen) atoms. The van der Waals surface area contributed by atoms with Crippen molar-refractivity contribution in [2.75, 3.05) is 13.1 Å². The Labute approximate surface area is 103 Å². The lowest BCUT2D eigenvalue weighted by atomic mass is 9.97. The van der Waals surface area contributed by atoms with Gasteiger partial charge in [0, 0.05) is 12.1 Å². The van der Waals surface area contributed by atoms with Gasteiger partial charge in [-0.2, -0.15) is 0 Å². The summed E-state index contributed by atoms with van der Waals surface area (Å²) < 4.78 is 5.45. The third-order valence-electron chi connectivity index (χ3n) is 4.28. The molecule has 0 spiro atoms. The third-order valence-corrected chi connectivity index (χ3v) is 4.28. The predicted octanol–water partition coefficient (Wildman–Crippen LogP) is 2.56. The first-order valence-corrected chi connectivity index (χ1v) is 6.86. The van der Waals surface area contributed by atoms with Crippen LogP contribution in [0.3, 0.4) is 0 Å². The minimum Gasteiger partial charge on any atom is -0.468 e. The fourth-order valence-electron chi connectivity index (χ4n) is 3.35. The molecule has 0 radical (unpaired) electrons. The van der Waals surface area contributed by atoms with Gasteiger partial charge >= 0.3 is 0 Å². The lowest BCUT2D eigenvalue weighted by Gasteiger charge is -2.36. The van der Waals surface area contributed by atoms with Crippen molar-refractivity contribution in [2.24, 2.45) is 0 Å². The van der Waals surface area contributed by atoms with E-state index in [4.69, 9.17) is 4.42 Å². The number of fused-ring (bicyclic) bond motifs is 1. The first kappa shape index (κ1) is 11.3. The monoisotopic (exact) mass is 234 g/mol. The minimum absolute atomic E-state index is 0.336. The number of hydrogen-bond acceptors (Lipinski definition) is 3. The molecule has 1 aromatic rings.